The molecule has 170 valence electrons. The number of carbonyl (C=O) groups is 1. The number of rotatable bonds is 22. The second-order valence-corrected chi connectivity index (χ2v) is 9.00. The van der Waals surface area contributed by atoms with Crippen LogP contribution < -0.4 is 34.7 Å². The summed E-state index contributed by atoms with van der Waals surface area (Å²) in [6, 6.07) is 0. The number of carboxylic acid groups (broad SMARTS) is 1. The second-order valence-electron chi connectivity index (χ2n) is 9.00. The van der Waals surface area contributed by atoms with Crippen molar-refractivity contribution >= 4 is 5.97 Å². The van der Waals surface area contributed by atoms with E-state index in [1.807, 2.05) is 12.2 Å². The topological polar surface area (TPSA) is 43.4 Å². The molecule has 0 aliphatic heterocycles. The van der Waals surface area contributed by atoms with Crippen molar-refractivity contribution in [2.45, 2.75) is 104 Å². The standard InChI is InChI=1S/C26H49NO2.Na/c1-5-7-9-11-13-15-17-24(3)19-21-27(23-26(28)29)22-20-25(4)18-16-14-12-10-8-6-2;/h5-6,24-25H,1-2,7-23H2,3-4H3,(H,28,29);/q;+1/p-1. The molecule has 2 unspecified atom stereocenters. The van der Waals surface area contributed by atoms with E-state index in [0.29, 0.717) is 11.8 Å². The van der Waals surface area contributed by atoms with Gasteiger partial charge in [0.2, 0.25) is 0 Å². The van der Waals surface area contributed by atoms with Gasteiger partial charge in [-0.1, -0.05) is 77.4 Å². The van der Waals surface area contributed by atoms with Crippen LogP contribution in [-0.4, -0.2) is 30.5 Å². The van der Waals surface area contributed by atoms with Crippen LogP contribution in [0.25, 0.3) is 0 Å². The van der Waals surface area contributed by atoms with Crippen molar-refractivity contribution in [1.29, 1.82) is 0 Å². The molecule has 0 rings (SSSR count). The summed E-state index contributed by atoms with van der Waals surface area (Å²) >= 11 is 0. The van der Waals surface area contributed by atoms with Crippen molar-refractivity contribution in [2.75, 3.05) is 19.6 Å². The molecule has 0 heterocycles. The molecule has 0 aromatic rings. The van der Waals surface area contributed by atoms with Crippen LogP contribution in [-0.2, 0) is 4.79 Å². The van der Waals surface area contributed by atoms with Crippen LogP contribution in [0.1, 0.15) is 104 Å². The molecule has 4 heteroatoms. The summed E-state index contributed by atoms with van der Waals surface area (Å²) < 4.78 is 0. The molecule has 0 amide bonds. The fraction of sp³-hybridized carbons (Fsp3) is 0.808. The molecule has 0 spiro atoms. The SMILES string of the molecule is C=CCCCCCCC(C)CCN(CCC(C)CCCCCCC=C)CC(=O)[O-].[Na+]. The van der Waals surface area contributed by atoms with E-state index in [1.54, 1.807) is 0 Å². The van der Waals surface area contributed by atoms with Gasteiger partial charge in [-0.3, -0.25) is 4.90 Å². The van der Waals surface area contributed by atoms with Crippen molar-refractivity contribution in [3.8, 4) is 0 Å². The third-order valence-electron chi connectivity index (χ3n) is 5.94. The van der Waals surface area contributed by atoms with Crippen LogP contribution in [0.2, 0.25) is 0 Å². The molecule has 3 nitrogen and oxygen atoms in total. The Hall–Kier alpha value is -0.0900. The number of hydrogen-bond donors (Lipinski definition) is 0. The van der Waals surface area contributed by atoms with Crippen LogP contribution >= 0.6 is 0 Å². The van der Waals surface area contributed by atoms with Gasteiger partial charge in [-0.25, -0.2) is 0 Å². The van der Waals surface area contributed by atoms with Gasteiger partial charge in [-0.15, -0.1) is 13.2 Å². The molecule has 0 fully saturated rings. The van der Waals surface area contributed by atoms with Gasteiger partial charge >= 0.3 is 29.6 Å². The number of allylic oxidation sites excluding steroid dienone is 2. The molecule has 0 aromatic heterocycles. The van der Waals surface area contributed by atoms with E-state index in [1.165, 1.54) is 64.2 Å². The molecule has 0 aliphatic carbocycles. The molecule has 0 saturated carbocycles. The Kier molecular flexibility index (Phi) is 25.2. The van der Waals surface area contributed by atoms with Gasteiger partial charge in [0.25, 0.3) is 0 Å². The maximum absolute atomic E-state index is 11.1. The minimum absolute atomic E-state index is 0. The van der Waals surface area contributed by atoms with E-state index in [0.717, 1.165) is 38.8 Å². The minimum Gasteiger partial charge on any atom is -0.549 e. The first-order chi connectivity index (χ1) is 14.0. The van der Waals surface area contributed by atoms with Crippen molar-refractivity contribution < 1.29 is 39.5 Å². The molecule has 0 N–H and O–H groups in total. The first-order valence-corrected chi connectivity index (χ1v) is 12.1. The summed E-state index contributed by atoms with van der Waals surface area (Å²) in [7, 11) is 0. The van der Waals surface area contributed by atoms with Crippen LogP contribution in [0.15, 0.2) is 25.3 Å². The van der Waals surface area contributed by atoms with Gasteiger partial charge in [-0.2, -0.15) is 0 Å². The van der Waals surface area contributed by atoms with Crippen LogP contribution in [0.4, 0.5) is 0 Å². The zero-order chi connectivity index (χ0) is 21.7. The van der Waals surface area contributed by atoms with Crippen LogP contribution in [0.5, 0.6) is 0 Å². The number of carboxylic acids is 1. The Morgan fingerprint density at radius 3 is 1.53 bits per heavy atom. The summed E-state index contributed by atoms with van der Waals surface area (Å²) in [6.45, 7) is 14.0. The van der Waals surface area contributed by atoms with E-state index >= 15 is 0 Å². The van der Waals surface area contributed by atoms with Crippen LogP contribution in [0.3, 0.4) is 0 Å². The number of unbranched alkanes of at least 4 members (excludes halogenated alkanes) is 8. The van der Waals surface area contributed by atoms with Crippen molar-refractivity contribution in [2.24, 2.45) is 11.8 Å². The minimum atomic E-state index is -0.949. The summed E-state index contributed by atoms with van der Waals surface area (Å²) in [5.74, 6) is 0.369. The number of hydrogen-bond acceptors (Lipinski definition) is 3. The third-order valence-corrected chi connectivity index (χ3v) is 5.94. The van der Waals surface area contributed by atoms with Crippen LogP contribution in [0, 0.1) is 11.8 Å². The van der Waals surface area contributed by atoms with Gasteiger partial charge in [-0.05, 0) is 63.5 Å². The van der Waals surface area contributed by atoms with Gasteiger partial charge in [0.15, 0.2) is 0 Å². The predicted octanol–water partition coefficient (Wildman–Crippen LogP) is 3.15. The van der Waals surface area contributed by atoms with E-state index in [-0.39, 0.29) is 36.1 Å². The first kappa shape index (κ1) is 32.1. The van der Waals surface area contributed by atoms with E-state index < -0.39 is 5.97 Å². The summed E-state index contributed by atoms with van der Waals surface area (Å²) in [5.41, 5.74) is 0. The Balaban J connectivity index is 0. The van der Waals surface area contributed by atoms with Gasteiger partial charge < -0.3 is 9.90 Å². The van der Waals surface area contributed by atoms with Gasteiger partial charge in [0, 0.05) is 6.54 Å². The normalized spacial score (nSPS) is 12.9. The first-order valence-electron chi connectivity index (χ1n) is 12.1. The molecule has 0 aromatic carbocycles. The number of carbonyl (C=O) groups excluding carboxylic acids is 1. The number of aliphatic carboxylic acids is 1. The fourth-order valence-electron chi connectivity index (χ4n) is 3.82. The van der Waals surface area contributed by atoms with Crippen molar-refractivity contribution in [3.63, 3.8) is 0 Å². The largest absolute Gasteiger partial charge is 1.00 e. The van der Waals surface area contributed by atoms with E-state index in [2.05, 4.69) is 31.9 Å². The molecule has 30 heavy (non-hydrogen) atoms. The molecule has 0 radical (unpaired) electrons. The Bertz CT molecular complexity index is 384. The fourth-order valence-corrected chi connectivity index (χ4v) is 3.82. The summed E-state index contributed by atoms with van der Waals surface area (Å²) in [5, 5.41) is 11.1. The third kappa shape index (κ3) is 22.6. The zero-order valence-electron chi connectivity index (χ0n) is 20.5. The van der Waals surface area contributed by atoms with Gasteiger partial charge in [0.1, 0.15) is 0 Å². The smallest absolute Gasteiger partial charge is 0.549 e. The molecule has 0 aliphatic rings. The quantitative estimate of drug-likeness (QED) is 0.151. The Morgan fingerprint density at radius 2 is 1.17 bits per heavy atom. The number of nitrogens with zero attached hydrogens (tertiary/aromatic N) is 1. The molecular formula is C26H48NNaO2. The molecule has 0 bridgehead atoms. The molecular weight excluding hydrogens is 381 g/mol. The average Bonchev–Trinajstić information content (AvgIpc) is 2.69. The van der Waals surface area contributed by atoms with E-state index in [9.17, 15) is 9.90 Å². The second kappa shape index (κ2) is 23.6. The monoisotopic (exact) mass is 429 g/mol. The summed E-state index contributed by atoms with van der Waals surface area (Å²) in [4.78, 5) is 13.2. The maximum Gasteiger partial charge on any atom is 1.00 e. The summed E-state index contributed by atoms with van der Waals surface area (Å²) in [6.07, 6.45) is 21.2. The predicted molar refractivity (Wildman–Crippen MR) is 125 cm³/mol. The molecule has 2 atom stereocenters. The van der Waals surface area contributed by atoms with Gasteiger partial charge in [0.05, 0.1) is 5.97 Å². The van der Waals surface area contributed by atoms with Crippen molar-refractivity contribution in [3.05, 3.63) is 25.3 Å². The Morgan fingerprint density at radius 1 is 0.767 bits per heavy atom. The maximum atomic E-state index is 11.1. The zero-order valence-corrected chi connectivity index (χ0v) is 22.5. The average molecular weight is 430 g/mol. The van der Waals surface area contributed by atoms with Crippen molar-refractivity contribution in [1.82, 2.24) is 4.90 Å². The Labute approximate surface area is 210 Å². The molecule has 0 saturated heterocycles. The van der Waals surface area contributed by atoms with E-state index in [4.69, 9.17) is 0 Å².